The summed E-state index contributed by atoms with van der Waals surface area (Å²) >= 11 is 12.7. The van der Waals surface area contributed by atoms with Gasteiger partial charge in [-0.2, -0.15) is 0 Å². The molecule has 0 fully saturated rings. The van der Waals surface area contributed by atoms with Crippen molar-refractivity contribution in [3.8, 4) is 0 Å². The summed E-state index contributed by atoms with van der Waals surface area (Å²) < 4.78 is 2.27. The lowest BCUT2D eigenvalue weighted by atomic mass is 10.1. The molecule has 0 N–H and O–H groups in total. The number of halogens is 3. The summed E-state index contributed by atoms with van der Waals surface area (Å²) in [6, 6.07) is 14.9. The van der Waals surface area contributed by atoms with E-state index in [1.807, 2.05) is 11.3 Å². The van der Waals surface area contributed by atoms with E-state index >= 15 is 0 Å². The third-order valence-corrected chi connectivity index (χ3v) is 5.13. The summed E-state index contributed by atoms with van der Waals surface area (Å²) in [5, 5.41) is 2.62. The molecule has 0 aliphatic rings. The first-order valence-electron chi connectivity index (χ1n) is 5.05. The third kappa shape index (κ3) is 2.09. The van der Waals surface area contributed by atoms with E-state index in [-0.39, 0.29) is 2.14 Å². The Morgan fingerprint density at radius 3 is 2.29 bits per heavy atom. The van der Waals surface area contributed by atoms with Gasteiger partial charge in [0.2, 0.25) is 0 Å². The Hall–Kier alpha value is 0.100. The van der Waals surface area contributed by atoms with Gasteiger partial charge in [0.15, 0.2) is 2.14 Å². The maximum Gasteiger partial charge on any atom is 0.160 e. The van der Waals surface area contributed by atoms with Crippen LogP contribution < -0.4 is 0 Å². The quantitative estimate of drug-likeness (QED) is 0.362. The molecule has 0 atom stereocenters. The number of hydrogen-bond donors (Lipinski definition) is 0. The van der Waals surface area contributed by atoms with Gasteiger partial charge in [0.1, 0.15) is 0 Å². The third-order valence-electron chi connectivity index (χ3n) is 2.71. The van der Waals surface area contributed by atoms with Crippen LogP contribution in [0.25, 0.3) is 20.2 Å². The molecule has 0 aliphatic carbocycles. The SMILES string of the molecule is BrC(Br)(Br)c1cccc2sc3ccccc3c12. The maximum absolute atomic E-state index is 3.62. The van der Waals surface area contributed by atoms with Crippen molar-refractivity contribution in [1.82, 2.24) is 0 Å². The molecule has 3 aromatic rings. The first kappa shape index (κ1) is 12.2. The Labute approximate surface area is 128 Å². The fourth-order valence-electron chi connectivity index (χ4n) is 2.01. The Morgan fingerprint density at radius 1 is 0.824 bits per heavy atom. The molecule has 17 heavy (non-hydrogen) atoms. The van der Waals surface area contributed by atoms with Gasteiger partial charge in [-0.15, -0.1) is 11.3 Å². The second-order valence-electron chi connectivity index (χ2n) is 3.77. The predicted octanol–water partition coefficient (Wildman–Crippen LogP) is 6.35. The molecule has 0 unspecified atom stereocenters. The van der Waals surface area contributed by atoms with Gasteiger partial charge < -0.3 is 0 Å². The van der Waals surface area contributed by atoms with E-state index in [1.165, 1.54) is 25.7 Å². The number of alkyl halides is 3. The smallest absolute Gasteiger partial charge is 0.135 e. The maximum atomic E-state index is 3.62. The molecule has 86 valence electrons. The van der Waals surface area contributed by atoms with Crippen molar-refractivity contribution in [3.05, 3.63) is 48.0 Å². The molecule has 0 spiro atoms. The number of benzene rings is 2. The van der Waals surface area contributed by atoms with Crippen LogP contribution in [0.3, 0.4) is 0 Å². The highest BCUT2D eigenvalue weighted by Gasteiger charge is 2.24. The van der Waals surface area contributed by atoms with Gasteiger partial charge in [-0.1, -0.05) is 78.1 Å². The molecule has 2 aromatic carbocycles. The molecule has 4 heteroatoms. The van der Waals surface area contributed by atoms with Crippen LogP contribution in [0.15, 0.2) is 42.5 Å². The molecule has 1 heterocycles. The fourth-order valence-corrected chi connectivity index (χ4v) is 4.13. The van der Waals surface area contributed by atoms with E-state index in [2.05, 4.69) is 90.3 Å². The van der Waals surface area contributed by atoms with Crippen LogP contribution in [0.4, 0.5) is 0 Å². The minimum atomic E-state index is -0.365. The molecule has 0 bridgehead atoms. The van der Waals surface area contributed by atoms with Crippen LogP contribution in [-0.2, 0) is 2.14 Å². The zero-order valence-corrected chi connectivity index (χ0v) is 14.2. The van der Waals surface area contributed by atoms with E-state index in [9.17, 15) is 0 Å². The molecule has 1 aromatic heterocycles. The van der Waals surface area contributed by atoms with Crippen LogP contribution in [0, 0.1) is 0 Å². The molecule has 0 saturated carbocycles. The number of hydrogen-bond acceptors (Lipinski definition) is 1. The summed E-state index contributed by atoms with van der Waals surface area (Å²) in [6.45, 7) is 0. The molecule has 0 nitrogen and oxygen atoms in total. The fraction of sp³-hybridized carbons (Fsp3) is 0.0769. The summed E-state index contributed by atoms with van der Waals surface area (Å²) in [7, 11) is 0. The second kappa shape index (κ2) is 4.34. The molecule has 0 saturated heterocycles. The highest BCUT2D eigenvalue weighted by Crippen LogP contribution is 2.49. The predicted molar refractivity (Wildman–Crippen MR) is 87.8 cm³/mol. The van der Waals surface area contributed by atoms with Crippen molar-refractivity contribution in [2.45, 2.75) is 2.14 Å². The average Bonchev–Trinajstić information content (AvgIpc) is 2.65. The van der Waals surface area contributed by atoms with Crippen LogP contribution >= 0.6 is 59.1 Å². The Kier molecular flexibility index (Phi) is 3.10. The van der Waals surface area contributed by atoms with Gasteiger partial charge in [-0.25, -0.2) is 0 Å². The minimum Gasteiger partial charge on any atom is -0.135 e. The second-order valence-corrected chi connectivity index (χ2v) is 11.6. The average molecular weight is 435 g/mol. The van der Waals surface area contributed by atoms with Crippen molar-refractivity contribution in [3.63, 3.8) is 0 Å². The normalized spacial score (nSPS) is 12.4. The highest BCUT2D eigenvalue weighted by molar-refractivity contribution is 9.38. The number of fused-ring (bicyclic) bond motifs is 3. The molecular formula is C13H7Br3S. The van der Waals surface area contributed by atoms with E-state index in [4.69, 9.17) is 0 Å². The standard InChI is InChI=1S/C13H7Br3S/c14-13(15,16)9-5-3-7-11-12(9)8-4-1-2-6-10(8)17-11/h1-7H. The van der Waals surface area contributed by atoms with Crippen LogP contribution in [-0.4, -0.2) is 0 Å². The van der Waals surface area contributed by atoms with Crippen molar-refractivity contribution in [2.24, 2.45) is 0 Å². The van der Waals surface area contributed by atoms with E-state index < -0.39 is 0 Å². The lowest BCUT2D eigenvalue weighted by molar-refractivity contribution is 1.42. The van der Waals surface area contributed by atoms with Gasteiger partial charge in [-0.3, -0.25) is 0 Å². The highest BCUT2D eigenvalue weighted by atomic mass is 80.0. The largest absolute Gasteiger partial charge is 0.160 e. The number of rotatable bonds is 0. The van der Waals surface area contributed by atoms with Gasteiger partial charge in [0.05, 0.1) is 0 Å². The zero-order chi connectivity index (χ0) is 12.0. The van der Waals surface area contributed by atoms with E-state index in [0.29, 0.717) is 0 Å². The monoisotopic (exact) mass is 432 g/mol. The van der Waals surface area contributed by atoms with Gasteiger partial charge in [0, 0.05) is 20.2 Å². The van der Waals surface area contributed by atoms with Crippen molar-refractivity contribution in [2.75, 3.05) is 0 Å². The molecular weight excluding hydrogens is 428 g/mol. The van der Waals surface area contributed by atoms with Crippen molar-refractivity contribution in [1.29, 1.82) is 0 Å². The summed E-state index contributed by atoms with van der Waals surface area (Å²) in [6.07, 6.45) is 0. The lowest BCUT2D eigenvalue weighted by Crippen LogP contribution is -1.97. The van der Waals surface area contributed by atoms with Crippen LogP contribution in [0.2, 0.25) is 0 Å². The van der Waals surface area contributed by atoms with Crippen LogP contribution in [0.1, 0.15) is 5.56 Å². The topological polar surface area (TPSA) is 0 Å². The Balaban J connectivity index is 2.52. The molecule has 0 aliphatic heterocycles. The van der Waals surface area contributed by atoms with Gasteiger partial charge in [-0.05, 0) is 17.7 Å². The van der Waals surface area contributed by atoms with Crippen LogP contribution in [0.5, 0.6) is 0 Å². The summed E-state index contributed by atoms with van der Waals surface area (Å²) in [5.74, 6) is 0. The Morgan fingerprint density at radius 2 is 1.53 bits per heavy atom. The molecule has 0 radical (unpaired) electrons. The zero-order valence-electron chi connectivity index (χ0n) is 8.58. The van der Waals surface area contributed by atoms with Crippen molar-refractivity contribution < 1.29 is 0 Å². The number of thiophene rings is 1. The lowest BCUT2D eigenvalue weighted by Gasteiger charge is -2.14. The first-order valence-corrected chi connectivity index (χ1v) is 8.24. The summed E-state index contributed by atoms with van der Waals surface area (Å²) in [4.78, 5) is 0. The van der Waals surface area contributed by atoms with E-state index in [0.717, 1.165) is 0 Å². The van der Waals surface area contributed by atoms with Gasteiger partial charge in [0.25, 0.3) is 0 Å². The first-order chi connectivity index (χ1) is 8.07. The summed E-state index contributed by atoms with van der Waals surface area (Å²) in [5.41, 5.74) is 1.20. The van der Waals surface area contributed by atoms with Gasteiger partial charge >= 0.3 is 0 Å². The molecule has 3 rings (SSSR count). The van der Waals surface area contributed by atoms with Crippen molar-refractivity contribution >= 4 is 79.3 Å². The Bertz CT molecular complexity index is 695. The van der Waals surface area contributed by atoms with E-state index in [1.54, 1.807) is 0 Å². The molecule has 0 amide bonds. The minimum absolute atomic E-state index is 0.365.